The number of carbonyl (C=O) groups excluding carboxylic acids is 2. The minimum atomic E-state index is -0.472. The summed E-state index contributed by atoms with van der Waals surface area (Å²) in [6.45, 7) is 6.50. The molecule has 122 valence electrons. The van der Waals surface area contributed by atoms with E-state index in [-0.39, 0.29) is 18.5 Å². The van der Waals surface area contributed by atoms with Gasteiger partial charge >= 0.3 is 11.9 Å². The van der Waals surface area contributed by atoms with E-state index in [2.05, 4.69) is 5.32 Å². The van der Waals surface area contributed by atoms with Crippen molar-refractivity contribution in [2.24, 2.45) is 0 Å². The van der Waals surface area contributed by atoms with Gasteiger partial charge in [0.15, 0.2) is 0 Å². The number of hydrogen-bond acceptors (Lipinski definition) is 5. The van der Waals surface area contributed by atoms with Gasteiger partial charge < -0.3 is 14.8 Å². The van der Waals surface area contributed by atoms with Crippen LogP contribution in [0.1, 0.15) is 39.2 Å². The van der Waals surface area contributed by atoms with Gasteiger partial charge in [0.2, 0.25) is 0 Å². The van der Waals surface area contributed by atoms with Gasteiger partial charge in [0.1, 0.15) is 12.2 Å². The number of nitrogens with one attached hydrogen (secondary N) is 1. The molecule has 22 heavy (non-hydrogen) atoms. The van der Waals surface area contributed by atoms with Gasteiger partial charge in [0.05, 0.1) is 6.54 Å². The zero-order chi connectivity index (χ0) is 16.4. The molecular formula is C17H25NO4. The quantitative estimate of drug-likeness (QED) is 0.590. The molecule has 1 aromatic rings. The minimum Gasteiger partial charge on any atom is -0.461 e. The van der Waals surface area contributed by atoms with E-state index in [0.717, 1.165) is 5.56 Å². The van der Waals surface area contributed by atoms with Gasteiger partial charge in [-0.15, -0.1) is 0 Å². The number of rotatable bonds is 8. The third-order valence-corrected chi connectivity index (χ3v) is 2.67. The van der Waals surface area contributed by atoms with Crippen LogP contribution in [0.15, 0.2) is 30.3 Å². The summed E-state index contributed by atoms with van der Waals surface area (Å²) in [7, 11) is 0. The summed E-state index contributed by atoms with van der Waals surface area (Å²) in [4.78, 5) is 23.0. The first-order valence-electron chi connectivity index (χ1n) is 7.49. The Kier molecular flexibility index (Phi) is 7.60. The summed E-state index contributed by atoms with van der Waals surface area (Å²) in [6, 6.07) is 9.56. The average Bonchev–Trinajstić information content (AvgIpc) is 2.44. The molecular weight excluding hydrogens is 282 g/mol. The molecule has 1 rings (SSSR count). The fraction of sp³-hybridized carbons (Fsp3) is 0.529. The number of carbonyl (C=O) groups is 2. The fourth-order valence-corrected chi connectivity index (χ4v) is 1.74. The molecule has 0 unspecified atom stereocenters. The molecule has 0 aliphatic rings. The molecule has 0 spiro atoms. The zero-order valence-electron chi connectivity index (χ0n) is 13.6. The lowest BCUT2D eigenvalue weighted by Gasteiger charge is -2.19. The van der Waals surface area contributed by atoms with Gasteiger partial charge in [0, 0.05) is 6.42 Å². The van der Waals surface area contributed by atoms with Crippen LogP contribution in [0.25, 0.3) is 0 Å². The van der Waals surface area contributed by atoms with E-state index in [1.807, 2.05) is 51.1 Å². The second-order valence-corrected chi connectivity index (χ2v) is 6.01. The van der Waals surface area contributed by atoms with Crippen molar-refractivity contribution in [3.05, 3.63) is 35.9 Å². The molecule has 0 amide bonds. The summed E-state index contributed by atoms with van der Waals surface area (Å²) < 4.78 is 10.3. The predicted molar refractivity (Wildman–Crippen MR) is 84.2 cm³/mol. The molecule has 0 atom stereocenters. The Hall–Kier alpha value is -1.88. The van der Waals surface area contributed by atoms with E-state index < -0.39 is 5.60 Å². The van der Waals surface area contributed by atoms with Crippen molar-refractivity contribution in [1.82, 2.24) is 5.32 Å². The van der Waals surface area contributed by atoms with Gasteiger partial charge in [-0.3, -0.25) is 9.59 Å². The van der Waals surface area contributed by atoms with Crippen molar-refractivity contribution in [2.75, 3.05) is 13.1 Å². The van der Waals surface area contributed by atoms with Crippen LogP contribution in [0.4, 0.5) is 0 Å². The average molecular weight is 307 g/mol. The maximum absolute atomic E-state index is 11.6. The Balaban J connectivity index is 2.04. The van der Waals surface area contributed by atoms with Crippen LogP contribution in [-0.2, 0) is 25.7 Å². The number of esters is 2. The largest absolute Gasteiger partial charge is 0.461 e. The van der Waals surface area contributed by atoms with Crippen molar-refractivity contribution in [3.8, 4) is 0 Å². The summed E-state index contributed by atoms with van der Waals surface area (Å²) >= 11 is 0. The topological polar surface area (TPSA) is 64.6 Å². The van der Waals surface area contributed by atoms with Crippen LogP contribution in [0, 0.1) is 0 Å². The molecule has 5 nitrogen and oxygen atoms in total. The first-order valence-corrected chi connectivity index (χ1v) is 7.49. The Morgan fingerprint density at radius 1 is 1.09 bits per heavy atom. The molecule has 0 heterocycles. The standard InChI is InChI=1S/C17H25NO4/c1-17(2,3)22-16(20)12-18-11-7-10-15(19)21-13-14-8-5-4-6-9-14/h4-6,8-9,18H,7,10-13H2,1-3H3. The van der Waals surface area contributed by atoms with Crippen molar-refractivity contribution >= 4 is 11.9 Å². The van der Waals surface area contributed by atoms with E-state index in [1.165, 1.54) is 0 Å². The van der Waals surface area contributed by atoms with Crippen LogP contribution in [-0.4, -0.2) is 30.6 Å². The van der Waals surface area contributed by atoms with Gasteiger partial charge in [-0.25, -0.2) is 0 Å². The molecule has 0 fully saturated rings. The molecule has 1 aromatic carbocycles. The highest BCUT2D eigenvalue weighted by molar-refractivity contribution is 5.72. The lowest BCUT2D eigenvalue weighted by atomic mass is 10.2. The first kappa shape index (κ1) is 18.2. The maximum Gasteiger partial charge on any atom is 0.320 e. The molecule has 0 radical (unpaired) electrons. The molecule has 5 heteroatoms. The second-order valence-electron chi connectivity index (χ2n) is 6.01. The van der Waals surface area contributed by atoms with Gasteiger partial charge in [-0.05, 0) is 39.3 Å². The molecule has 0 aromatic heterocycles. The molecule has 0 bridgehead atoms. The van der Waals surface area contributed by atoms with Gasteiger partial charge in [-0.2, -0.15) is 0 Å². The second kappa shape index (κ2) is 9.20. The third-order valence-electron chi connectivity index (χ3n) is 2.67. The lowest BCUT2D eigenvalue weighted by molar-refractivity contribution is -0.153. The number of benzene rings is 1. The molecule has 1 N–H and O–H groups in total. The summed E-state index contributed by atoms with van der Waals surface area (Å²) in [5.41, 5.74) is 0.499. The summed E-state index contributed by atoms with van der Waals surface area (Å²) in [5, 5.41) is 2.95. The highest BCUT2D eigenvalue weighted by atomic mass is 16.6. The monoisotopic (exact) mass is 307 g/mol. The van der Waals surface area contributed by atoms with E-state index in [4.69, 9.17) is 9.47 Å². The van der Waals surface area contributed by atoms with E-state index in [0.29, 0.717) is 26.0 Å². The minimum absolute atomic E-state index is 0.149. The Morgan fingerprint density at radius 3 is 2.41 bits per heavy atom. The van der Waals surface area contributed by atoms with E-state index in [1.54, 1.807) is 0 Å². The van der Waals surface area contributed by atoms with E-state index in [9.17, 15) is 9.59 Å². The normalized spacial score (nSPS) is 11.0. The summed E-state index contributed by atoms with van der Waals surface area (Å²) in [5.74, 6) is -0.526. The van der Waals surface area contributed by atoms with Gasteiger partial charge in [0.25, 0.3) is 0 Å². The van der Waals surface area contributed by atoms with Crippen LogP contribution < -0.4 is 5.32 Å². The SMILES string of the molecule is CC(C)(C)OC(=O)CNCCCC(=O)OCc1ccccc1. The highest BCUT2D eigenvalue weighted by Crippen LogP contribution is 2.06. The fourth-order valence-electron chi connectivity index (χ4n) is 1.74. The third kappa shape index (κ3) is 9.13. The zero-order valence-corrected chi connectivity index (χ0v) is 13.6. The lowest BCUT2D eigenvalue weighted by Crippen LogP contribution is -2.32. The number of hydrogen-bond donors (Lipinski definition) is 1. The maximum atomic E-state index is 11.6. The highest BCUT2D eigenvalue weighted by Gasteiger charge is 2.15. The van der Waals surface area contributed by atoms with Crippen molar-refractivity contribution in [2.45, 2.75) is 45.8 Å². The van der Waals surface area contributed by atoms with Gasteiger partial charge in [-0.1, -0.05) is 30.3 Å². The molecule has 0 aliphatic carbocycles. The first-order chi connectivity index (χ1) is 10.4. The van der Waals surface area contributed by atoms with Crippen LogP contribution in [0.5, 0.6) is 0 Å². The summed E-state index contributed by atoms with van der Waals surface area (Å²) in [6.07, 6.45) is 0.949. The molecule has 0 saturated heterocycles. The van der Waals surface area contributed by atoms with Crippen LogP contribution in [0.2, 0.25) is 0 Å². The predicted octanol–water partition coefficient (Wildman–Crippen LogP) is 2.44. The van der Waals surface area contributed by atoms with Crippen molar-refractivity contribution < 1.29 is 19.1 Å². The van der Waals surface area contributed by atoms with Crippen molar-refractivity contribution in [1.29, 1.82) is 0 Å². The Labute approximate surface area is 132 Å². The van der Waals surface area contributed by atoms with Crippen LogP contribution >= 0.6 is 0 Å². The Bertz CT molecular complexity index is 465. The number of ether oxygens (including phenoxy) is 2. The smallest absolute Gasteiger partial charge is 0.320 e. The Morgan fingerprint density at radius 2 is 1.77 bits per heavy atom. The van der Waals surface area contributed by atoms with Crippen molar-refractivity contribution in [3.63, 3.8) is 0 Å². The van der Waals surface area contributed by atoms with Crippen LogP contribution in [0.3, 0.4) is 0 Å². The van der Waals surface area contributed by atoms with E-state index >= 15 is 0 Å². The molecule has 0 aliphatic heterocycles. The molecule has 0 saturated carbocycles.